The summed E-state index contributed by atoms with van der Waals surface area (Å²) in [4.78, 5) is 5.22. The average molecular weight is 600 g/mol. The molecule has 7 aromatic carbocycles. The van der Waals surface area contributed by atoms with E-state index in [4.69, 9.17) is 9.40 Å². The van der Waals surface area contributed by atoms with Crippen molar-refractivity contribution in [2.45, 2.75) is 0 Å². The smallest absolute Gasteiger partial charge is 0.152 e. The van der Waals surface area contributed by atoms with Gasteiger partial charge in [-0.3, -0.25) is 4.40 Å². The molecule has 0 aliphatic heterocycles. The first-order valence-electron chi connectivity index (χ1n) is 16.0. The molecule has 4 nitrogen and oxygen atoms in total. The molecule has 0 radical (unpaired) electrons. The van der Waals surface area contributed by atoms with Gasteiger partial charge in [0, 0.05) is 38.0 Å². The van der Waals surface area contributed by atoms with Crippen LogP contribution in [-0.4, -0.2) is 14.0 Å². The zero-order valence-electron chi connectivity index (χ0n) is 25.2. The van der Waals surface area contributed by atoms with E-state index in [1.54, 1.807) is 0 Å². The second-order valence-electron chi connectivity index (χ2n) is 12.4. The third-order valence-corrected chi connectivity index (χ3v) is 9.89. The summed E-state index contributed by atoms with van der Waals surface area (Å²) in [6.45, 7) is 0. The van der Waals surface area contributed by atoms with Gasteiger partial charge in [-0.05, 0) is 64.4 Å². The number of benzene rings is 7. The molecule has 0 atom stereocenters. The SMILES string of the molecule is c1cc(-c2ccc3c(c2)c2ccccc2c2nc4cc5c(cn4c32)oc2ccccc25)cc(-n2c3ccccc3c3ccccc32)c1. The van der Waals surface area contributed by atoms with Crippen LogP contribution in [0.1, 0.15) is 0 Å². The van der Waals surface area contributed by atoms with Crippen LogP contribution in [-0.2, 0) is 0 Å². The van der Waals surface area contributed by atoms with Gasteiger partial charge in [0.1, 0.15) is 11.2 Å². The molecule has 4 heterocycles. The van der Waals surface area contributed by atoms with Crippen LogP contribution in [0, 0.1) is 0 Å². The first kappa shape index (κ1) is 24.9. The van der Waals surface area contributed by atoms with Gasteiger partial charge in [0.25, 0.3) is 0 Å². The van der Waals surface area contributed by atoms with Gasteiger partial charge in [-0.1, -0.05) is 103 Å². The van der Waals surface area contributed by atoms with E-state index in [2.05, 4.69) is 149 Å². The molecule has 0 fully saturated rings. The highest BCUT2D eigenvalue weighted by molar-refractivity contribution is 6.25. The van der Waals surface area contributed by atoms with Crippen molar-refractivity contribution in [1.82, 2.24) is 14.0 Å². The molecule has 0 unspecified atom stereocenters. The Morgan fingerprint density at radius 3 is 1.94 bits per heavy atom. The standard InChI is InChI=1S/C43H25N3O/c1-2-16-33-29(12-1)35-23-27(26-10-9-11-28(22-26)46-37-17-6-3-13-30(37)31-14-4-7-18-38(31)46)20-21-34(35)43-42(33)44-41-24-36-32-15-5-8-19-39(32)47-40(36)25-45(41)43/h1-25H. The molecule has 0 aliphatic carbocycles. The van der Waals surface area contributed by atoms with Crippen molar-refractivity contribution in [2.75, 3.05) is 0 Å². The molecular weight excluding hydrogens is 574 g/mol. The lowest BCUT2D eigenvalue weighted by Crippen LogP contribution is -1.94. The normalized spacial score (nSPS) is 12.3. The summed E-state index contributed by atoms with van der Waals surface area (Å²) in [7, 11) is 0. The second-order valence-corrected chi connectivity index (χ2v) is 12.4. The fraction of sp³-hybridized carbons (Fsp3) is 0. The maximum absolute atomic E-state index is 6.30. The Balaban J connectivity index is 1.16. The van der Waals surface area contributed by atoms with Crippen molar-refractivity contribution >= 4 is 82.0 Å². The number of fused-ring (bicyclic) bond motifs is 14. The summed E-state index contributed by atoms with van der Waals surface area (Å²) in [5, 5.41) is 9.46. The van der Waals surface area contributed by atoms with Crippen molar-refractivity contribution in [3.63, 3.8) is 0 Å². The van der Waals surface area contributed by atoms with Gasteiger partial charge in [0.2, 0.25) is 0 Å². The van der Waals surface area contributed by atoms with E-state index in [-0.39, 0.29) is 0 Å². The number of pyridine rings is 1. The van der Waals surface area contributed by atoms with Crippen molar-refractivity contribution in [3.8, 4) is 16.8 Å². The highest BCUT2D eigenvalue weighted by atomic mass is 16.3. The van der Waals surface area contributed by atoms with Gasteiger partial charge in [-0.2, -0.15) is 0 Å². The number of rotatable bonds is 2. The largest absolute Gasteiger partial charge is 0.455 e. The van der Waals surface area contributed by atoms with Crippen molar-refractivity contribution in [1.29, 1.82) is 0 Å². The minimum atomic E-state index is 0.859. The quantitative estimate of drug-likeness (QED) is 0.185. The van der Waals surface area contributed by atoms with Crippen LogP contribution in [0.3, 0.4) is 0 Å². The maximum atomic E-state index is 6.30. The Morgan fingerprint density at radius 2 is 1.13 bits per heavy atom. The molecule has 0 bridgehead atoms. The Bertz CT molecular complexity index is 3030. The molecule has 0 aliphatic rings. The van der Waals surface area contributed by atoms with E-state index in [1.807, 2.05) is 12.1 Å². The fourth-order valence-electron chi connectivity index (χ4n) is 7.81. The van der Waals surface area contributed by atoms with Crippen molar-refractivity contribution in [3.05, 3.63) is 152 Å². The van der Waals surface area contributed by atoms with E-state index >= 15 is 0 Å². The first-order chi connectivity index (χ1) is 23.3. The first-order valence-corrected chi connectivity index (χ1v) is 16.0. The predicted molar refractivity (Wildman–Crippen MR) is 195 cm³/mol. The minimum Gasteiger partial charge on any atom is -0.455 e. The Kier molecular flexibility index (Phi) is 4.81. The molecular formula is C43H25N3O. The number of nitrogens with zero attached hydrogens (tertiary/aromatic N) is 3. The highest BCUT2D eigenvalue weighted by Gasteiger charge is 2.18. The Hall–Kier alpha value is -6.39. The third kappa shape index (κ3) is 3.39. The van der Waals surface area contributed by atoms with Crippen LogP contribution in [0.4, 0.5) is 0 Å². The Labute approximate surface area is 268 Å². The monoisotopic (exact) mass is 599 g/mol. The van der Waals surface area contributed by atoms with Crippen LogP contribution in [0.25, 0.3) is 98.8 Å². The van der Waals surface area contributed by atoms with Gasteiger partial charge in [0.15, 0.2) is 5.58 Å². The minimum absolute atomic E-state index is 0.859. The van der Waals surface area contributed by atoms with E-state index < -0.39 is 0 Å². The summed E-state index contributed by atoms with van der Waals surface area (Å²) in [5.74, 6) is 0. The van der Waals surface area contributed by atoms with Gasteiger partial charge in [-0.25, -0.2) is 4.98 Å². The number of aromatic nitrogens is 3. The summed E-state index contributed by atoms with van der Waals surface area (Å²) in [6.07, 6.45) is 2.11. The second kappa shape index (κ2) is 9.09. The molecule has 0 saturated carbocycles. The van der Waals surface area contributed by atoms with Crippen molar-refractivity contribution in [2.24, 2.45) is 0 Å². The lowest BCUT2D eigenvalue weighted by Gasteiger charge is -2.12. The maximum Gasteiger partial charge on any atom is 0.152 e. The lowest BCUT2D eigenvalue weighted by atomic mass is 9.95. The summed E-state index contributed by atoms with van der Waals surface area (Å²) >= 11 is 0. The third-order valence-electron chi connectivity index (χ3n) is 9.89. The number of hydrogen-bond donors (Lipinski definition) is 0. The average Bonchev–Trinajstić information content (AvgIpc) is 3.80. The van der Waals surface area contributed by atoms with E-state index in [9.17, 15) is 0 Å². The number of para-hydroxylation sites is 3. The number of furan rings is 1. The van der Waals surface area contributed by atoms with Gasteiger partial charge >= 0.3 is 0 Å². The van der Waals surface area contributed by atoms with E-state index in [0.717, 1.165) is 49.7 Å². The van der Waals surface area contributed by atoms with E-state index in [1.165, 1.54) is 49.1 Å². The molecule has 4 aromatic heterocycles. The molecule has 0 N–H and O–H groups in total. The van der Waals surface area contributed by atoms with Gasteiger partial charge in [0.05, 0.1) is 28.3 Å². The molecule has 218 valence electrons. The molecule has 0 amide bonds. The molecule has 11 aromatic rings. The van der Waals surface area contributed by atoms with E-state index in [0.29, 0.717) is 0 Å². The molecule has 4 heteroatoms. The molecule has 11 rings (SSSR count). The van der Waals surface area contributed by atoms with Crippen LogP contribution in [0.15, 0.2) is 156 Å². The summed E-state index contributed by atoms with van der Waals surface area (Å²) in [5.41, 5.74) is 10.7. The topological polar surface area (TPSA) is 35.4 Å². The number of imidazole rings is 1. The molecule has 0 saturated heterocycles. The van der Waals surface area contributed by atoms with Crippen LogP contribution >= 0.6 is 0 Å². The van der Waals surface area contributed by atoms with Crippen LogP contribution < -0.4 is 0 Å². The van der Waals surface area contributed by atoms with Crippen LogP contribution in [0.5, 0.6) is 0 Å². The predicted octanol–water partition coefficient (Wildman–Crippen LogP) is 11.5. The zero-order chi connectivity index (χ0) is 30.6. The Morgan fingerprint density at radius 1 is 0.447 bits per heavy atom. The fourth-order valence-corrected chi connectivity index (χ4v) is 7.81. The highest BCUT2D eigenvalue weighted by Crippen LogP contribution is 2.40. The lowest BCUT2D eigenvalue weighted by molar-refractivity contribution is 0.666. The molecule has 47 heavy (non-hydrogen) atoms. The van der Waals surface area contributed by atoms with Gasteiger partial charge in [-0.15, -0.1) is 0 Å². The number of hydrogen-bond acceptors (Lipinski definition) is 2. The van der Waals surface area contributed by atoms with Crippen molar-refractivity contribution < 1.29 is 4.42 Å². The summed E-state index contributed by atoms with van der Waals surface area (Å²) < 4.78 is 10.9. The zero-order valence-corrected chi connectivity index (χ0v) is 25.2. The van der Waals surface area contributed by atoms with Gasteiger partial charge < -0.3 is 8.98 Å². The molecule has 0 spiro atoms. The summed E-state index contributed by atoms with van der Waals surface area (Å²) in [6, 6.07) is 52.1. The van der Waals surface area contributed by atoms with Crippen LogP contribution in [0.2, 0.25) is 0 Å².